The van der Waals surface area contributed by atoms with Crippen molar-refractivity contribution in [1.82, 2.24) is 4.57 Å². The molecule has 1 nitrogen and oxygen atoms in total. The third kappa shape index (κ3) is 3.44. The van der Waals surface area contributed by atoms with E-state index in [9.17, 15) is 0 Å². The summed E-state index contributed by atoms with van der Waals surface area (Å²) >= 11 is 0. The molecular formula is C22H33N. The van der Waals surface area contributed by atoms with Crippen LogP contribution in [0.3, 0.4) is 0 Å². The molecule has 0 aliphatic rings. The number of aromatic nitrogens is 1. The number of hydrogen-bond acceptors (Lipinski definition) is 0. The number of para-hydroxylation sites is 1. The van der Waals surface area contributed by atoms with Gasteiger partial charge in [-0.25, -0.2) is 0 Å². The van der Waals surface area contributed by atoms with Gasteiger partial charge in [-0.05, 0) is 29.5 Å². The molecule has 0 amide bonds. The number of benzene rings is 2. The van der Waals surface area contributed by atoms with E-state index in [0.717, 1.165) is 0 Å². The molecular weight excluding hydrogens is 278 g/mol. The van der Waals surface area contributed by atoms with Crippen molar-refractivity contribution >= 4 is 21.8 Å². The number of hydrogen-bond donors (Lipinski definition) is 0. The highest BCUT2D eigenvalue weighted by Gasteiger charge is 2.19. The van der Waals surface area contributed by atoms with Gasteiger partial charge in [0.15, 0.2) is 0 Å². The Morgan fingerprint density at radius 1 is 0.783 bits per heavy atom. The van der Waals surface area contributed by atoms with Crippen molar-refractivity contribution in [1.29, 1.82) is 0 Å². The van der Waals surface area contributed by atoms with Crippen LogP contribution in [0.5, 0.6) is 0 Å². The summed E-state index contributed by atoms with van der Waals surface area (Å²) < 4.78 is 2.33. The van der Waals surface area contributed by atoms with E-state index in [1.807, 2.05) is 27.7 Å². The Morgan fingerprint density at radius 2 is 1.35 bits per heavy atom. The predicted molar refractivity (Wildman–Crippen MR) is 107 cm³/mol. The second-order valence-corrected chi connectivity index (χ2v) is 6.46. The molecule has 23 heavy (non-hydrogen) atoms. The third-order valence-electron chi connectivity index (χ3n) is 4.13. The highest BCUT2D eigenvalue weighted by atomic mass is 14.9. The van der Waals surface area contributed by atoms with Crippen molar-refractivity contribution in [3.8, 4) is 0 Å². The van der Waals surface area contributed by atoms with Gasteiger partial charge in [0.05, 0.1) is 5.52 Å². The van der Waals surface area contributed by atoms with Crippen LogP contribution in [-0.4, -0.2) is 4.57 Å². The molecule has 0 N–H and O–H groups in total. The van der Waals surface area contributed by atoms with Crippen LogP contribution in [0.15, 0.2) is 36.4 Å². The van der Waals surface area contributed by atoms with Gasteiger partial charge in [0.2, 0.25) is 0 Å². The molecule has 0 fully saturated rings. The van der Waals surface area contributed by atoms with Crippen LogP contribution in [0, 0.1) is 6.92 Å². The van der Waals surface area contributed by atoms with Crippen LogP contribution in [0.1, 0.15) is 59.6 Å². The lowest BCUT2D eigenvalue weighted by Crippen LogP contribution is -2.13. The first kappa shape index (κ1) is 19.3. The molecule has 0 saturated heterocycles. The fourth-order valence-corrected chi connectivity index (χ4v) is 3.28. The summed E-state index contributed by atoms with van der Waals surface area (Å²) in [4.78, 5) is 0. The molecule has 1 aromatic heterocycles. The molecule has 3 aromatic rings. The summed E-state index contributed by atoms with van der Waals surface area (Å²) in [6.45, 7) is 17.1. The Morgan fingerprint density at radius 3 is 1.91 bits per heavy atom. The summed E-state index contributed by atoms with van der Waals surface area (Å²) in [6, 6.07) is 13.2. The standard InChI is InChI=1S/C18H21N.2C2H6/c1-12-15(18(2,3)4)11-10-14-13-8-6-7-9-16(13)19(5)17(12)14;2*1-2/h6-11H,1-5H3;2*1-2H3. The molecule has 0 spiro atoms. The van der Waals surface area contributed by atoms with Gasteiger partial charge in [-0.1, -0.05) is 78.8 Å². The van der Waals surface area contributed by atoms with Crippen molar-refractivity contribution in [2.75, 3.05) is 0 Å². The monoisotopic (exact) mass is 311 g/mol. The van der Waals surface area contributed by atoms with Crippen LogP contribution in [0.25, 0.3) is 21.8 Å². The molecule has 3 rings (SSSR count). The first-order chi connectivity index (χ1) is 10.9. The maximum absolute atomic E-state index is 2.33. The van der Waals surface area contributed by atoms with Gasteiger partial charge in [-0.3, -0.25) is 0 Å². The zero-order chi connectivity index (χ0) is 17.8. The number of fused-ring (bicyclic) bond motifs is 3. The van der Waals surface area contributed by atoms with E-state index in [1.165, 1.54) is 32.9 Å². The van der Waals surface area contributed by atoms with Crippen molar-refractivity contribution in [2.24, 2.45) is 7.05 Å². The van der Waals surface area contributed by atoms with Crippen molar-refractivity contribution in [3.63, 3.8) is 0 Å². The fourth-order valence-electron chi connectivity index (χ4n) is 3.28. The topological polar surface area (TPSA) is 4.93 Å². The Kier molecular flexibility index (Phi) is 6.44. The lowest BCUT2D eigenvalue weighted by molar-refractivity contribution is 0.587. The van der Waals surface area contributed by atoms with Gasteiger partial charge in [0.1, 0.15) is 0 Å². The smallest absolute Gasteiger partial charge is 0.0521 e. The Labute approximate surface area is 142 Å². The minimum absolute atomic E-state index is 0.189. The van der Waals surface area contributed by atoms with Crippen LogP contribution in [0.4, 0.5) is 0 Å². The molecule has 1 heteroatoms. The van der Waals surface area contributed by atoms with Gasteiger partial charge in [-0.2, -0.15) is 0 Å². The molecule has 0 aliphatic carbocycles. The minimum atomic E-state index is 0.189. The SMILES string of the molecule is CC.CC.Cc1c(C(C)(C)C)ccc2c3ccccc3n(C)c12. The van der Waals surface area contributed by atoms with Gasteiger partial charge < -0.3 is 4.57 Å². The molecule has 2 aromatic carbocycles. The van der Waals surface area contributed by atoms with Gasteiger partial charge in [0, 0.05) is 23.3 Å². The van der Waals surface area contributed by atoms with E-state index in [4.69, 9.17) is 0 Å². The van der Waals surface area contributed by atoms with Crippen LogP contribution in [-0.2, 0) is 12.5 Å². The molecule has 0 radical (unpaired) electrons. The maximum Gasteiger partial charge on any atom is 0.0521 e. The summed E-state index contributed by atoms with van der Waals surface area (Å²) in [5.74, 6) is 0. The van der Waals surface area contributed by atoms with Crippen molar-refractivity contribution < 1.29 is 0 Å². The average Bonchev–Trinajstić information content (AvgIpc) is 2.85. The van der Waals surface area contributed by atoms with Crippen LogP contribution < -0.4 is 0 Å². The summed E-state index contributed by atoms with van der Waals surface area (Å²) in [6.07, 6.45) is 0. The zero-order valence-corrected chi connectivity index (χ0v) is 16.4. The zero-order valence-electron chi connectivity index (χ0n) is 16.4. The lowest BCUT2D eigenvalue weighted by Gasteiger charge is -2.22. The first-order valence-corrected chi connectivity index (χ1v) is 8.88. The highest BCUT2D eigenvalue weighted by molar-refractivity contribution is 6.09. The van der Waals surface area contributed by atoms with E-state index in [0.29, 0.717) is 0 Å². The van der Waals surface area contributed by atoms with E-state index < -0.39 is 0 Å². The summed E-state index contributed by atoms with van der Waals surface area (Å²) in [7, 11) is 2.17. The largest absolute Gasteiger partial charge is 0.343 e. The molecule has 0 unspecified atom stereocenters. The quantitative estimate of drug-likeness (QED) is 0.421. The predicted octanol–water partition coefficient (Wildman–Crippen LogP) is 6.99. The van der Waals surface area contributed by atoms with Crippen molar-refractivity contribution in [3.05, 3.63) is 47.5 Å². The second kappa shape index (κ2) is 7.68. The van der Waals surface area contributed by atoms with E-state index in [1.54, 1.807) is 0 Å². The van der Waals surface area contributed by atoms with Crippen LogP contribution >= 0.6 is 0 Å². The molecule has 0 atom stereocenters. The normalized spacial score (nSPS) is 10.8. The molecule has 0 aliphatic heterocycles. The van der Waals surface area contributed by atoms with Crippen molar-refractivity contribution in [2.45, 2.75) is 60.8 Å². The van der Waals surface area contributed by atoms with Gasteiger partial charge >= 0.3 is 0 Å². The first-order valence-electron chi connectivity index (χ1n) is 8.88. The number of nitrogens with zero attached hydrogens (tertiary/aromatic N) is 1. The maximum atomic E-state index is 2.33. The second-order valence-electron chi connectivity index (χ2n) is 6.46. The lowest BCUT2D eigenvalue weighted by atomic mass is 9.83. The van der Waals surface area contributed by atoms with E-state index >= 15 is 0 Å². The van der Waals surface area contributed by atoms with E-state index in [-0.39, 0.29) is 5.41 Å². The van der Waals surface area contributed by atoms with E-state index in [2.05, 4.69) is 75.7 Å². The van der Waals surface area contributed by atoms with Gasteiger partial charge in [-0.15, -0.1) is 0 Å². The third-order valence-corrected chi connectivity index (χ3v) is 4.13. The Balaban J connectivity index is 0.000000615. The molecule has 1 heterocycles. The molecule has 126 valence electrons. The minimum Gasteiger partial charge on any atom is -0.343 e. The Hall–Kier alpha value is -1.76. The average molecular weight is 312 g/mol. The number of aryl methyl sites for hydroxylation is 2. The Bertz CT molecular complexity index is 770. The highest BCUT2D eigenvalue weighted by Crippen LogP contribution is 2.35. The molecule has 0 saturated carbocycles. The number of rotatable bonds is 0. The summed E-state index contributed by atoms with van der Waals surface area (Å²) in [5.41, 5.74) is 5.71. The van der Waals surface area contributed by atoms with Gasteiger partial charge in [0.25, 0.3) is 0 Å². The summed E-state index contributed by atoms with van der Waals surface area (Å²) in [5, 5.41) is 2.71. The van der Waals surface area contributed by atoms with Crippen LogP contribution in [0.2, 0.25) is 0 Å². The molecule has 0 bridgehead atoms. The fraction of sp³-hybridized carbons (Fsp3) is 0.455.